The number of aromatic carboxylic acids is 1. The lowest BCUT2D eigenvalue weighted by Gasteiger charge is -2.14. The van der Waals surface area contributed by atoms with Crippen molar-refractivity contribution in [1.82, 2.24) is 19.5 Å². The second kappa shape index (κ2) is 4.98. The molecule has 3 heterocycles. The number of rotatable bonds is 3. The number of benzene rings is 1. The van der Waals surface area contributed by atoms with Gasteiger partial charge in [0.25, 0.3) is 11.8 Å². The van der Waals surface area contributed by atoms with Gasteiger partial charge in [0.05, 0.1) is 23.4 Å². The van der Waals surface area contributed by atoms with Crippen molar-refractivity contribution in [3.05, 3.63) is 65.1 Å². The second-order valence-electron chi connectivity index (χ2n) is 5.28. The van der Waals surface area contributed by atoms with Crippen LogP contribution >= 0.6 is 0 Å². The molecule has 3 aromatic rings. The van der Waals surface area contributed by atoms with Crippen molar-refractivity contribution in [2.75, 3.05) is 0 Å². The molecule has 0 atom stereocenters. The second-order valence-corrected chi connectivity index (χ2v) is 5.28. The predicted molar refractivity (Wildman–Crippen MR) is 80.6 cm³/mol. The van der Waals surface area contributed by atoms with Crippen LogP contribution in [0.2, 0.25) is 0 Å². The van der Waals surface area contributed by atoms with E-state index in [-0.39, 0.29) is 24.1 Å². The first kappa shape index (κ1) is 14.1. The van der Waals surface area contributed by atoms with Crippen LogP contribution in [-0.2, 0) is 6.54 Å². The van der Waals surface area contributed by atoms with Gasteiger partial charge in [0.1, 0.15) is 0 Å². The summed E-state index contributed by atoms with van der Waals surface area (Å²) in [6.45, 7) is -0.0217. The molecule has 0 bridgehead atoms. The fourth-order valence-corrected chi connectivity index (χ4v) is 2.71. The number of hydrogen-bond acceptors (Lipinski definition) is 5. The average Bonchev–Trinajstić information content (AvgIpc) is 3.12. The Bertz CT molecular complexity index is 989. The first-order chi connectivity index (χ1) is 11.6. The van der Waals surface area contributed by atoms with Gasteiger partial charge in [-0.05, 0) is 18.2 Å². The maximum absolute atomic E-state index is 12.4. The van der Waals surface area contributed by atoms with E-state index in [9.17, 15) is 14.4 Å². The van der Waals surface area contributed by atoms with Crippen LogP contribution in [0.5, 0.6) is 0 Å². The predicted octanol–water partition coefficient (Wildman–Crippen LogP) is 1.22. The zero-order valence-corrected chi connectivity index (χ0v) is 12.2. The zero-order chi connectivity index (χ0) is 16.8. The number of carbonyl (C=O) groups is 3. The highest BCUT2D eigenvalue weighted by atomic mass is 16.4. The molecule has 0 unspecified atom stereocenters. The smallest absolute Gasteiger partial charge is 0.356 e. The number of amides is 2. The normalized spacial score (nSPS) is 13.6. The molecule has 4 rings (SSSR count). The number of nitrogens with zero attached hydrogens (tertiary/aromatic N) is 4. The first-order valence-electron chi connectivity index (χ1n) is 7.08. The van der Waals surface area contributed by atoms with Crippen LogP contribution in [0.15, 0.2) is 42.6 Å². The Morgan fingerprint density at radius 3 is 2.38 bits per heavy atom. The lowest BCUT2D eigenvalue weighted by atomic mass is 10.1. The van der Waals surface area contributed by atoms with E-state index in [0.717, 1.165) is 4.90 Å². The van der Waals surface area contributed by atoms with Crippen molar-refractivity contribution in [3.63, 3.8) is 0 Å². The van der Waals surface area contributed by atoms with Gasteiger partial charge < -0.3 is 5.11 Å². The van der Waals surface area contributed by atoms with Gasteiger partial charge in [-0.15, -0.1) is 0 Å². The Balaban J connectivity index is 1.74. The van der Waals surface area contributed by atoms with Crippen molar-refractivity contribution in [2.45, 2.75) is 6.54 Å². The summed E-state index contributed by atoms with van der Waals surface area (Å²) in [5, 5.41) is 13.0. The summed E-state index contributed by atoms with van der Waals surface area (Å²) >= 11 is 0. The molecule has 1 aromatic carbocycles. The van der Waals surface area contributed by atoms with Gasteiger partial charge in [-0.2, -0.15) is 5.10 Å². The molecule has 8 heteroatoms. The van der Waals surface area contributed by atoms with Crippen molar-refractivity contribution < 1.29 is 19.5 Å². The van der Waals surface area contributed by atoms with Crippen LogP contribution < -0.4 is 0 Å². The fraction of sp³-hybridized carbons (Fsp3) is 0.0625. The summed E-state index contributed by atoms with van der Waals surface area (Å²) in [4.78, 5) is 41.1. The highest BCUT2D eigenvalue weighted by Crippen LogP contribution is 2.24. The molecule has 0 saturated carbocycles. The van der Waals surface area contributed by atoms with Gasteiger partial charge in [0.15, 0.2) is 11.3 Å². The molecular weight excluding hydrogens is 312 g/mol. The molecule has 1 aliphatic heterocycles. The number of carbonyl (C=O) groups excluding carboxylic acids is 2. The molecule has 118 valence electrons. The van der Waals surface area contributed by atoms with Crippen LogP contribution in [0.1, 0.15) is 36.9 Å². The number of imide groups is 1. The van der Waals surface area contributed by atoms with Gasteiger partial charge in [-0.25, -0.2) is 14.3 Å². The van der Waals surface area contributed by atoms with Crippen LogP contribution in [0.3, 0.4) is 0 Å². The Hall–Kier alpha value is -3.55. The topological polar surface area (TPSA) is 105 Å². The van der Waals surface area contributed by atoms with E-state index in [1.54, 1.807) is 30.3 Å². The van der Waals surface area contributed by atoms with Crippen molar-refractivity contribution in [2.24, 2.45) is 0 Å². The van der Waals surface area contributed by atoms with E-state index >= 15 is 0 Å². The minimum atomic E-state index is -1.17. The standard InChI is InChI=1S/C16H10N4O4/c21-14-10-3-1-2-4-11(10)15(22)19(14)8-9-5-6-17-13-7-12(16(23)24)18-20(9)13/h1-7H,8H2,(H,23,24). The largest absolute Gasteiger partial charge is 0.476 e. The summed E-state index contributed by atoms with van der Waals surface area (Å²) in [5.41, 5.74) is 1.39. The lowest BCUT2D eigenvalue weighted by molar-refractivity contribution is 0.0634. The monoisotopic (exact) mass is 322 g/mol. The number of aromatic nitrogens is 3. The number of carboxylic acids is 1. The molecule has 1 aliphatic rings. The lowest BCUT2D eigenvalue weighted by Crippen LogP contribution is -2.30. The summed E-state index contributed by atoms with van der Waals surface area (Å²) in [7, 11) is 0. The molecule has 2 amide bonds. The van der Waals surface area contributed by atoms with E-state index in [4.69, 9.17) is 5.11 Å². The summed E-state index contributed by atoms with van der Waals surface area (Å²) in [6.07, 6.45) is 1.48. The molecule has 0 spiro atoms. The summed E-state index contributed by atoms with van der Waals surface area (Å²) in [6, 6.07) is 9.53. The Morgan fingerprint density at radius 1 is 1.08 bits per heavy atom. The van der Waals surface area contributed by atoms with E-state index < -0.39 is 5.97 Å². The molecule has 24 heavy (non-hydrogen) atoms. The van der Waals surface area contributed by atoms with E-state index in [2.05, 4.69) is 10.1 Å². The maximum Gasteiger partial charge on any atom is 0.356 e. The van der Waals surface area contributed by atoms with Crippen LogP contribution in [0.25, 0.3) is 5.65 Å². The Kier molecular flexibility index (Phi) is 2.92. The van der Waals surface area contributed by atoms with E-state index in [1.165, 1.54) is 16.8 Å². The first-order valence-corrected chi connectivity index (χ1v) is 7.08. The molecule has 2 aromatic heterocycles. The van der Waals surface area contributed by atoms with Crippen molar-refractivity contribution in [3.8, 4) is 0 Å². The molecule has 0 saturated heterocycles. The van der Waals surface area contributed by atoms with Gasteiger partial charge in [-0.3, -0.25) is 14.5 Å². The molecule has 8 nitrogen and oxygen atoms in total. The zero-order valence-electron chi connectivity index (χ0n) is 12.2. The van der Waals surface area contributed by atoms with Crippen LogP contribution in [-0.4, -0.2) is 42.4 Å². The van der Waals surface area contributed by atoms with Gasteiger partial charge in [0, 0.05) is 12.3 Å². The maximum atomic E-state index is 12.4. The van der Waals surface area contributed by atoms with Gasteiger partial charge in [-0.1, -0.05) is 12.1 Å². The molecule has 0 aliphatic carbocycles. The van der Waals surface area contributed by atoms with Crippen LogP contribution in [0.4, 0.5) is 0 Å². The third kappa shape index (κ3) is 1.97. The Labute approximate surface area is 135 Å². The quantitative estimate of drug-likeness (QED) is 0.727. The summed E-state index contributed by atoms with van der Waals surface area (Å²) in [5.74, 6) is -1.94. The molecule has 0 radical (unpaired) electrons. The highest BCUT2D eigenvalue weighted by Gasteiger charge is 2.35. The molecule has 0 fully saturated rings. The van der Waals surface area contributed by atoms with Gasteiger partial charge in [0.2, 0.25) is 0 Å². The third-order valence-electron chi connectivity index (χ3n) is 3.85. The number of fused-ring (bicyclic) bond motifs is 2. The third-order valence-corrected chi connectivity index (χ3v) is 3.85. The van der Waals surface area contributed by atoms with Gasteiger partial charge >= 0.3 is 5.97 Å². The minimum Gasteiger partial charge on any atom is -0.476 e. The minimum absolute atomic E-state index is 0.0217. The summed E-state index contributed by atoms with van der Waals surface area (Å²) < 4.78 is 1.33. The highest BCUT2D eigenvalue weighted by molar-refractivity contribution is 6.21. The number of carboxylic acid groups (broad SMARTS) is 1. The SMILES string of the molecule is O=C(O)c1cc2nccc(CN3C(=O)c4ccccc4C3=O)n2n1. The van der Waals surface area contributed by atoms with Crippen LogP contribution in [0, 0.1) is 0 Å². The molecule has 1 N–H and O–H groups in total. The molecular formula is C16H10N4O4. The average molecular weight is 322 g/mol. The van der Waals surface area contributed by atoms with E-state index in [1.807, 2.05) is 0 Å². The number of hydrogen-bond donors (Lipinski definition) is 1. The van der Waals surface area contributed by atoms with Crippen molar-refractivity contribution in [1.29, 1.82) is 0 Å². The van der Waals surface area contributed by atoms with Crippen molar-refractivity contribution >= 4 is 23.4 Å². The fourth-order valence-electron chi connectivity index (χ4n) is 2.71. The Morgan fingerprint density at radius 2 is 1.75 bits per heavy atom. The van der Waals surface area contributed by atoms with E-state index in [0.29, 0.717) is 22.5 Å².